The molecule has 1 rings (SSSR count). The van der Waals surface area contributed by atoms with Gasteiger partial charge in [-0.05, 0) is 19.8 Å². The SMILES string of the molecule is CC(C)CNC(=O)C1CC(=O)N(C(C)C)C1. The fourth-order valence-corrected chi connectivity index (χ4v) is 1.86. The first-order chi connectivity index (χ1) is 7.41. The van der Waals surface area contributed by atoms with Crippen LogP contribution >= 0.6 is 0 Å². The van der Waals surface area contributed by atoms with Gasteiger partial charge < -0.3 is 10.2 Å². The molecule has 0 aromatic rings. The number of amides is 2. The van der Waals surface area contributed by atoms with Gasteiger partial charge in [-0.1, -0.05) is 13.8 Å². The lowest BCUT2D eigenvalue weighted by Crippen LogP contribution is -2.36. The van der Waals surface area contributed by atoms with E-state index in [1.807, 2.05) is 13.8 Å². The average Bonchev–Trinajstić information content (AvgIpc) is 2.56. The summed E-state index contributed by atoms with van der Waals surface area (Å²) in [5.41, 5.74) is 0. The van der Waals surface area contributed by atoms with Crippen molar-refractivity contribution >= 4 is 11.8 Å². The molecule has 0 spiro atoms. The predicted octanol–water partition coefficient (Wildman–Crippen LogP) is 1.02. The Bertz CT molecular complexity index is 274. The third kappa shape index (κ3) is 3.22. The number of likely N-dealkylation sites (tertiary alicyclic amines) is 1. The summed E-state index contributed by atoms with van der Waals surface area (Å²) >= 11 is 0. The van der Waals surface area contributed by atoms with Crippen LogP contribution in [0.2, 0.25) is 0 Å². The fraction of sp³-hybridized carbons (Fsp3) is 0.833. The van der Waals surface area contributed by atoms with E-state index in [1.54, 1.807) is 4.90 Å². The molecule has 1 fully saturated rings. The van der Waals surface area contributed by atoms with Crippen molar-refractivity contribution < 1.29 is 9.59 Å². The topological polar surface area (TPSA) is 49.4 Å². The summed E-state index contributed by atoms with van der Waals surface area (Å²) < 4.78 is 0. The first-order valence-corrected chi connectivity index (χ1v) is 5.99. The Morgan fingerprint density at radius 1 is 1.44 bits per heavy atom. The number of nitrogens with zero attached hydrogens (tertiary/aromatic N) is 1. The van der Waals surface area contributed by atoms with E-state index < -0.39 is 0 Å². The average molecular weight is 226 g/mol. The molecular weight excluding hydrogens is 204 g/mol. The number of carbonyl (C=O) groups excluding carboxylic acids is 2. The maximum Gasteiger partial charge on any atom is 0.225 e. The molecule has 4 heteroatoms. The Balaban J connectivity index is 2.45. The Labute approximate surface area is 97.4 Å². The molecule has 1 aliphatic heterocycles. The summed E-state index contributed by atoms with van der Waals surface area (Å²) in [6.07, 6.45) is 0.363. The molecule has 0 aromatic heterocycles. The van der Waals surface area contributed by atoms with Crippen LogP contribution in [0.25, 0.3) is 0 Å². The highest BCUT2D eigenvalue weighted by Crippen LogP contribution is 2.20. The lowest BCUT2D eigenvalue weighted by molar-refractivity contribution is -0.129. The molecule has 16 heavy (non-hydrogen) atoms. The maximum absolute atomic E-state index is 11.8. The van der Waals surface area contributed by atoms with E-state index >= 15 is 0 Å². The number of rotatable bonds is 4. The molecule has 1 aliphatic rings. The second kappa shape index (κ2) is 5.32. The summed E-state index contributed by atoms with van der Waals surface area (Å²) in [4.78, 5) is 25.2. The second-order valence-electron chi connectivity index (χ2n) is 5.18. The third-order valence-corrected chi connectivity index (χ3v) is 2.84. The largest absolute Gasteiger partial charge is 0.356 e. The first kappa shape index (κ1) is 13.0. The maximum atomic E-state index is 11.8. The van der Waals surface area contributed by atoms with Crippen molar-refractivity contribution in [2.24, 2.45) is 11.8 Å². The molecule has 1 unspecified atom stereocenters. The Morgan fingerprint density at radius 2 is 2.06 bits per heavy atom. The highest BCUT2D eigenvalue weighted by atomic mass is 16.2. The highest BCUT2D eigenvalue weighted by Gasteiger charge is 2.35. The van der Waals surface area contributed by atoms with E-state index in [1.165, 1.54) is 0 Å². The molecule has 0 saturated carbocycles. The van der Waals surface area contributed by atoms with Gasteiger partial charge in [0.15, 0.2) is 0 Å². The van der Waals surface area contributed by atoms with Gasteiger partial charge in [-0.15, -0.1) is 0 Å². The molecule has 92 valence electrons. The zero-order valence-electron chi connectivity index (χ0n) is 10.6. The van der Waals surface area contributed by atoms with Crippen molar-refractivity contribution in [1.29, 1.82) is 0 Å². The van der Waals surface area contributed by atoms with Crippen molar-refractivity contribution in [1.82, 2.24) is 10.2 Å². The molecule has 2 amide bonds. The van der Waals surface area contributed by atoms with Gasteiger partial charge in [0, 0.05) is 25.6 Å². The van der Waals surface area contributed by atoms with Crippen molar-refractivity contribution in [3.63, 3.8) is 0 Å². The fourth-order valence-electron chi connectivity index (χ4n) is 1.86. The van der Waals surface area contributed by atoms with E-state index in [9.17, 15) is 9.59 Å². The minimum Gasteiger partial charge on any atom is -0.356 e. The minimum absolute atomic E-state index is 0.0187. The molecule has 0 bridgehead atoms. The van der Waals surface area contributed by atoms with E-state index in [0.29, 0.717) is 25.4 Å². The molecule has 1 saturated heterocycles. The van der Waals surface area contributed by atoms with E-state index in [-0.39, 0.29) is 23.8 Å². The van der Waals surface area contributed by atoms with Crippen LogP contribution in [0.15, 0.2) is 0 Å². The minimum atomic E-state index is -0.159. The summed E-state index contributed by atoms with van der Waals surface area (Å²) in [6.45, 7) is 9.32. The van der Waals surface area contributed by atoms with Gasteiger partial charge in [-0.3, -0.25) is 9.59 Å². The van der Waals surface area contributed by atoms with E-state index in [2.05, 4.69) is 19.2 Å². The normalized spacial score (nSPS) is 21.0. The lowest BCUT2D eigenvalue weighted by atomic mass is 10.1. The van der Waals surface area contributed by atoms with Crippen molar-refractivity contribution in [2.75, 3.05) is 13.1 Å². The Kier molecular flexibility index (Phi) is 4.33. The molecule has 1 N–H and O–H groups in total. The monoisotopic (exact) mass is 226 g/mol. The lowest BCUT2D eigenvalue weighted by Gasteiger charge is -2.20. The number of hydrogen-bond donors (Lipinski definition) is 1. The smallest absolute Gasteiger partial charge is 0.225 e. The van der Waals surface area contributed by atoms with Gasteiger partial charge in [0.25, 0.3) is 0 Å². The molecular formula is C12H22N2O2. The Hall–Kier alpha value is -1.06. The van der Waals surface area contributed by atoms with Crippen LogP contribution in [0.4, 0.5) is 0 Å². The summed E-state index contributed by atoms with van der Waals surface area (Å²) in [5, 5.41) is 2.89. The molecule has 0 aromatic carbocycles. The van der Waals surface area contributed by atoms with Crippen LogP contribution in [0, 0.1) is 11.8 Å². The summed E-state index contributed by atoms with van der Waals surface area (Å²) in [7, 11) is 0. The van der Waals surface area contributed by atoms with E-state index in [4.69, 9.17) is 0 Å². The molecule has 0 aliphatic carbocycles. The zero-order valence-corrected chi connectivity index (χ0v) is 10.6. The van der Waals surface area contributed by atoms with Crippen LogP contribution in [0.1, 0.15) is 34.1 Å². The third-order valence-electron chi connectivity index (χ3n) is 2.84. The zero-order chi connectivity index (χ0) is 12.3. The first-order valence-electron chi connectivity index (χ1n) is 5.99. The van der Waals surface area contributed by atoms with Gasteiger partial charge in [0.2, 0.25) is 11.8 Å². The molecule has 4 nitrogen and oxygen atoms in total. The second-order valence-corrected chi connectivity index (χ2v) is 5.18. The van der Waals surface area contributed by atoms with Crippen LogP contribution in [-0.4, -0.2) is 35.8 Å². The number of nitrogens with one attached hydrogen (secondary N) is 1. The number of hydrogen-bond acceptors (Lipinski definition) is 2. The van der Waals surface area contributed by atoms with E-state index in [0.717, 1.165) is 0 Å². The Morgan fingerprint density at radius 3 is 2.50 bits per heavy atom. The van der Waals surface area contributed by atoms with Crippen LogP contribution in [0.3, 0.4) is 0 Å². The van der Waals surface area contributed by atoms with Gasteiger partial charge in [0.1, 0.15) is 0 Å². The quantitative estimate of drug-likeness (QED) is 0.778. The van der Waals surface area contributed by atoms with Crippen molar-refractivity contribution in [3.05, 3.63) is 0 Å². The van der Waals surface area contributed by atoms with Crippen LogP contribution < -0.4 is 5.32 Å². The van der Waals surface area contributed by atoms with Gasteiger partial charge in [-0.2, -0.15) is 0 Å². The highest BCUT2D eigenvalue weighted by molar-refractivity contribution is 5.89. The molecule has 1 atom stereocenters. The summed E-state index contributed by atoms with van der Waals surface area (Å²) in [5.74, 6) is 0.404. The van der Waals surface area contributed by atoms with Crippen LogP contribution in [-0.2, 0) is 9.59 Å². The van der Waals surface area contributed by atoms with Crippen molar-refractivity contribution in [2.45, 2.75) is 40.2 Å². The van der Waals surface area contributed by atoms with Crippen molar-refractivity contribution in [3.8, 4) is 0 Å². The standard InChI is InChI=1S/C12H22N2O2/c1-8(2)6-13-12(16)10-5-11(15)14(7-10)9(3)4/h8-10H,5-7H2,1-4H3,(H,13,16). The van der Waals surface area contributed by atoms with Gasteiger partial charge in [-0.25, -0.2) is 0 Å². The summed E-state index contributed by atoms with van der Waals surface area (Å²) in [6, 6.07) is 0.190. The van der Waals surface area contributed by atoms with Gasteiger partial charge >= 0.3 is 0 Å². The predicted molar refractivity (Wildman–Crippen MR) is 62.8 cm³/mol. The van der Waals surface area contributed by atoms with Gasteiger partial charge in [0.05, 0.1) is 5.92 Å². The molecule has 1 heterocycles. The molecule has 0 radical (unpaired) electrons. The number of carbonyl (C=O) groups is 2. The van der Waals surface area contributed by atoms with Crippen LogP contribution in [0.5, 0.6) is 0 Å².